The SMILES string of the molecule is Cc1ccc(S(=O)(=O)N(C)C)cc1-n1c(=S)[nH]c2ccccc2c1=O. The molecule has 0 aliphatic heterocycles. The zero-order valence-electron chi connectivity index (χ0n) is 14.0. The fourth-order valence-electron chi connectivity index (χ4n) is 2.58. The van der Waals surface area contributed by atoms with Gasteiger partial charge in [0.1, 0.15) is 0 Å². The second-order valence-electron chi connectivity index (χ2n) is 5.85. The van der Waals surface area contributed by atoms with Gasteiger partial charge in [-0.25, -0.2) is 12.7 Å². The molecule has 3 aromatic rings. The third-order valence-corrected chi connectivity index (χ3v) is 6.10. The first-order valence-corrected chi connectivity index (χ1v) is 9.36. The molecule has 0 saturated heterocycles. The number of aryl methyl sites for hydroxylation is 1. The van der Waals surface area contributed by atoms with Crippen LogP contribution in [0.2, 0.25) is 0 Å². The van der Waals surface area contributed by atoms with Crippen molar-refractivity contribution in [3.8, 4) is 5.69 Å². The summed E-state index contributed by atoms with van der Waals surface area (Å²) < 4.78 is 27.5. The molecule has 3 rings (SSSR count). The number of H-pyrrole nitrogens is 1. The van der Waals surface area contributed by atoms with Gasteiger partial charge in [-0.3, -0.25) is 9.36 Å². The third-order valence-electron chi connectivity index (χ3n) is 4.01. The van der Waals surface area contributed by atoms with Crippen molar-refractivity contribution < 1.29 is 8.42 Å². The highest BCUT2D eigenvalue weighted by molar-refractivity contribution is 7.89. The van der Waals surface area contributed by atoms with Gasteiger partial charge in [0.05, 0.1) is 21.5 Å². The summed E-state index contributed by atoms with van der Waals surface area (Å²) in [7, 11) is -0.695. The second kappa shape index (κ2) is 6.21. The van der Waals surface area contributed by atoms with Crippen LogP contribution < -0.4 is 5.56 Å². The van der Waals surface area contributed by atoms with Gasteiger partial charge >= 0.3 is 0 Å². The maximum absolute atomic E-state index is 12.9. The van der Waals surface area contributed by atoms with Gasteiger partial charge in [0.25, 0.3) is 5.56 Å². The van der Waals surface area contributed by atoms with Crippen molar-refractivity contribution in [3.05, 3.63) is 63.2 Å². The zero-order valence-corrected chi connectivity index (χ0v) is 15.6. The molecular weight excluding hydrogens is 358 g/mol. The van der Waals surface area contributed by atoms with Crippen LogP contribution in [0, 0.1) is 11.7 Å². The number of hydrogen-bond acceptors (Lipinski definition) is 4. The number of fused-ring (bicyclic) bond motifs is 1. The van der Waals surface area contributed by atoms with E-state index in [9.17, 15) is 13.2 Å². The van der Waals surface area contributed by atoms with Crippen molar-refractivity contribution in [2.24, 2.45) is 0 Å². The molecule has 0 unspecified atom stereocenters. The quantitative estimate of drug-likeness (QED) is 0.714. The van der Waals surface area contributed by atoms with E-state index in [-0.39, 0.29) is 15.2 Å². The molecule has 0 atom stereocenters. The second-order valence-corrected chi connectivity index (χ2v) is 8.39. The molecule has 0 spiro atoms. The first kappa shape index (κ1) is 17.5. The highest BCUT2D eigenvalue weighted by Gasteiger charge is 2.19. The maximum Gasteiger partial charge on any atom is 0.266 e. The Labute approximate surface area is 150 Å². The minimum atomic E-state index is -3.62. The smallest absolute Gasteiger partial charge is 0.266 e. The number of rotatable bonds is 3. The van der Waals surface area contributed by atoms with E-state index in [0.717, 1.165) is 9.87 Å². The molecule has 0 bridgehead atoms. The molecule has 6 nitrogen and oxygen atoms in total. The molecule has 0 amide bonds. The summed E-state index contributed by atoms with van der Waals surface area (Å²) in [6.07, 6.45) is 0. The Morgan fingerprint density at radius 2 is 1.80 bits per heavy atom. The van der Waals surface area contributed by atoms with Crippen molar-refractivity contribution >= 4 is 33.1 Å². The van der Waals surface area contributed by atoms with Crippen LogP contribution in [0.25, 0.3) is 16.6 Å². The summed E-state index contributed by atoms with van der Waals surface area (Å²) in [5.74, 6) is 0. The van der Waals surface area contributed by atoms with Crippen molar-refractivity contribution in [1.82, 2.24) is 13.9 Å². The van der Waals surface area contributed by atoms with E-state index in [1.807, 2.05) is 6.07 Å². The lowest BCUT2D eigenvalue weighted by atomic mass is 10.2. The van der Waals surface area contributed by atoms with Gasteiger partial charge in [-0.15, -0.1) is 0 Å². The summed E-state index contributed by atoms with van der Waals surface area (Å²) in [4.78, 5) is 16.0. The number of aromatic amines is 1. The summed E-state index contributed by atoms with van der Waals surface area (Å²) in [6, 6.07) is 11.7. The molecular formula is C17H17N3O3S2. The average Bonchev–Trinajstić information content (AvgIpc) is 2.56. The largest absolute Gasteiger partial charge is 0.331 e. The molecule has 0 radical (unpaired) electrons. The summed E-state index contributed by atoms with van der Waals surface area (Å²) in [5.41, 5.74) is 1.54. The molecule has 0 saturated carbocycles. The van der Waals surface area contributed by atoms with E-state index in [1.165, 1.54) is 30.8 Å². The lowest BCUT2D eigenvalue weighted by Gasteiger charge is -2.15. The fraction of sp³-hybridized carbons (Fsp3) is 0.176. The number of sulfonamides is 1. The molecule has 0 fully saturated rings. The van der Waals surface area contributed by atoms with Crippen LogP contribution in [0.15, 0.2) is 52.2 Å². The standard InChI is InChI=1S/C17H17N3O3S2/c1-11-8-9-12(25(22,23)19(2)3)10-15(11)20-16(21)13-6-4-5-7-14(13)18-17(20)24/h4-10H,1-3H3,(H,18,24). The number of aromatic nitrogens is 2. The Morgan fingerprint density at radius 3 is 2.48 bits per heavy atom. The Balaban J connectivity index is 2.37. The van der Waals surface area contributed by atoms with Gasteiger partial charge in [-0.1, -0.05) is 18.2 Å². The van der Waals surface area contributed by atoms with Crippen molar-refractivity contribution in [2.75, 3.05) is 14.1 Å². The molecule has 1 aromatic heterocycles. The number of benzene rings is 2. The number of nitrogens with zero attached hydrogens (tertiary/aromatic N) is 2. The Hall–Kier alpha value is -2.29. The zero-order chi connectivity index (χ0) is 18.4. The van der Waals surface area contributed by atoms with Gasteiger partial charge in [-0.05, 0) is 49.0 Å². The predicted molar refractivity (Wildman–Crippen MR) is 100 cm³/mol. The van der Waals surface area contributed by atoms with Gasteiger partial charge in [0.15, 0.2) is 4.77 Å². The highest BCUT2D eigenvalue weighted by Crippen LogP contribution is 2.21. The maximum atomic E-state index is 12.9. The molecule has 8 heteroatoms. The minimum Gasteiger partial charge on any atom is -0.331 e. The molecule has 0 aliphatic rings. The molecule has 1 N–H and O–H groups in total. The van der Waals surface area contributed by atoms with E-state index in [2.05, 4.69) is 4.98 Å². The number of para-hydroxylation sites is 1. The summed E-state index contributed by atoms with van der Waals surface area (Å²) >= 11 is 5.34. The predicted octanol–water partition coefficient (Wildman–Crippen LogP) is 2.61. The Morgan fingerprint density at radius 1 is 1.12 bits per heavy atom. The van der Waals surface area contributed by atoms with E-state index >= 15 is 0 Å². The van der Waals surface area contributed by atoms with Gasteiger partial charge < -0.3 is 4.98 Å². The summed E-state index contributed by atoms with van der Waals surface area (Å²) in [5, 5.41) is 0.483. The van der Waals surface area contributed by atoms with Gasteiger partial charge in [0.2, 0.25) is 10.0 Å². The van der Waals surface area contributed by atoms with Crippen LogP contribution >= 0.6 is 12.2 Å². The van der Waals surface area contributed by atoms with Crippen LogP contribution in [0.3, 0.4) is 0 Å². The first-order chi connectivity index (χ1) is 11.7. The Bertz CT molecular complexity index is 1190. The van der Waals surface area contributed by atoms with Crippen molar-refractivity contribution in [1.29, 1.82) is 0 Å². The average molecular weight is 375 g/mol. The highest BCUT2D eigenvalue weighted by atomic mass is 32.2. The van der Waals surface area contributed by atoms with Gasteiger partial charge in [-0.2, -0.15) is 0 Å². The van der Waals surface area contributed by atoms with Gasteiger partial charge in [0, 0.05) is 14.1 Å². The van der Waals surface area contributed by atoms with Crippen molar-refractivity contribution in [3.63, 3.8) is 0 Å². The molecule has 130 valence electrons. The van der Waals surface area contributed by atoms with E-state index in [4.69, 9.17) is 12.2 Å². The number of nitrogens with one attached hydrogen (secondary N) is 1. The van der Waals surface area contributed by atoms with Crippen molar-refractivity contribution in [2.45, 2.75) is 11.8 Å². The molecule has 0 aliphatic carbocycles. The Kier molecular flexibility index (Phi) is 4.36. The van der Waals surface area contributed by atoms with E-state index in [0.29, 0.717) is 16.6 Å². The molecule has 2 aromatic carbocycles. The van der Waals surface area contributed by atoms with E-state index in [1.54, 1.807) is 31.2 Å². The van der Waals surface area contributed by atoms with Crippen LogP contribution in [-0.2, 0) is 10.0 Å². The normalized spacial score (nSPS) is 12.0. The minimum absolute atomic E-state index is 0.104. The first-order valence-electron chi connectivity index (χ1n) is 7.51. The summed E-state index contributed by atoms with van der Waals surface area (Å²) in [6.45, 7) is 1.80. The number of hydrogen-bond donors (Lipinski definition) is 1. The van der Waals surface area contributed by atoms with Crippen LogP contribution in [0.1, 0.15) is 5.56 Å². The molecule has 1 heterocycles. The van der Waals surface area contributed by atoms with Crippen LogP contribution in [-0.4, -0.2) is 36.4 Å². The topological polar surface area (TPSA) is 75.2 Å². The monoisotopic (exact) mass is 375 g/mol. The molecule has 25 heavy (non-hydrogen) atoms. The third kappa shape index (κ3) is 2.92. The van der Waals surface area contributed by atoms with Crippen LogP contribution in [0.5, 0.6) is 0 Å². The van der Waals surface area contributed by atoms with E-state index < -0.39 is 10.0 Å². The lowest BCUT2D eigenvalue weighted by Crippen LogP contribution is -2.24. The fourth-order valence-corrected chi connectivity index (χ4v) is 3.80. The van der Waals surface area contributed by atoms with Crippen LogP contribution in [0.4, 0.5) is 0 Å². The lowest BCUT2D eigenvalue weighted by molar-refractivity contribution is 0.520.